The van der Waals surface area contributed by atoms with Gasteiger partial charge >= 0.3 is 5.97 Å². The molecule has 5 heteroatoms. The van der Waals surface area contributed by atoms with Crippen molar-refractivity contribution in [2.45, 2.75) is 64.0 Å². The number of ether oxygens (including phenoxy) is 1. The summed E-state index contributed by atoms with van der Waals surface area (Å²) in [5.74, 6) is 0.614. The van der Waals surface area contributed by atoms with E-state index in [0.717, 1.165) is 44.6 Å². The van der Waals surface area contributed by atoms with Crippen molar-refractivity contribution in [3.8, 4) is 0 Å². The van der Waals surface area contributed by atoms with E-state index in [4.69, 9.17) is 4.74 Å². The second-order valence-electron chi connectivity index (χ2n) is 6.53. The van der Waals surface area contributed by atoms with Crippen molar-refractivity contribution in [3.05, 3.63) is 0 Å². The van der Waals surface area contributed by atoms with Crippen LogP contribution in [0.25, 0.3) is 0 Å². The van der Waals surface area contributed by atoms with Gasteiger partial charge < -0.3 is 10.1 Å². The summed E-state index contributed by atoms with van der Waals surface area (Å²) in [4.78, 5) is 26.0. The second-order valence-corrected chi connectivity index (χ2v) is 6.53. The third-order valence-corrected chi connectivity index (χ3v) is 4.81. The lowest BCUT2D eigenvalue weighted by Crippen LogP contribution is -2.51. The molecule has 2 fully saturated rings. The van der Waals surface area contributed by atoms with E-state index in [1.165, 1.54) is 20.0 Å². The summed E-state index contributed by atoms with van der Waals surface area (Å²) in [6.07, 6.45) is 7.40. The Morgan fingerprint density at radius 2 is 1.86 bits per heavy atom. The molecule has 0 spiro atoms. The maximum absolute atomic E-state index is 12.2. The number of esters is 1. The van der Waals surface area contributed by atoms with Gasteiger partial charge in [-0.2, -0.15) is 0 Å². The molecule has 1 aliphatic carbocycles. The van der Waals surface area contributed by atoms with Gasteiger partial charge in [-0.3, -0.25) is 14.5 Å². The minimum absolute atomic E-state index is 0.0466. The standard InChI is InChI=1S/C16H28N2O3/c1-12-6-8-13(9-7-12)17-15(19)11-18-10-4-3-5-14(18)16(20)21-2/h12-14H,3-11H2,1-2H3,(H,17,19). The van der Waals surface area contributed by atoms with Crippen molar-refractivity contribution in [3.63, 3.8) is 0 Å². The highest BCUT2D eigenvalue weighted by Crippen LogP contribution is 2.23. The van der Waals surface area contributed by atoms with Gasteiger partial charge in [0.25, 0.3) is 0 Å². The summed E-state index contributed by atoms with van der Waals surface area (Å²) in [7, 11) is 1.42. The Kier molecular flexibility index (Phi) is 6.03. The molecule has 0 aromatic carbocycles. The molecule has 1 unspecified atom stereocenters. The molecule has 5 nitrogen and oxygen atoms in total. The summed E-state index contributed by atoms with van der Waals surface area (Å²) in [5.41, 5.74) is 0. The predicted molar refractivity (Wildman–Crippen MR) is 80.8 cm³/mol. The van der Waals surface area contributed by atoms with E-state index in [2.05, 4.69) is 12.2 Å². The van der Waals surface area contributed by atoms with Crippen LogP contribution >= 0.6 is 0 Å². The van der Waals surface area contributed by atoms with Gasteiger partial charge in [-0.25, -0.2) is 0 Å². The maximum Gasteiger partial charge on any atom is 0.323 e. The monoisotopic (exact) mass is 296 g/mol. The van der Waals surface area contributed by atoms with Crippen molar-refractivity contribution in [1.82, 2.24) is 10.2 Å². The van der Waals surface area contributed by atoms with Crippen LogP contribution in [0, 0.1) is 5.92 Å². The maximum atomic E-state index is 12.2. The lowest BCUT2D eigenvalue weighted by atomic mass is 9.87. The van der Waals surface area contributed by atoms with Crippen LogP contribution in [0.2, 0.25) is 0 Å². The smallest absolute Gasteiger partial charge is 0.323 e. The number of nitrogens with one attached hydrogen (secondary N) is 1. The van der Waals surface area contributed by atoms with E-state index in [-0.39, 0.29) is 17.9 Å². The number of hydrogen-bond acceptors (Lipinski definition) is 4. The first-order valence-corrected chi connectivity index (χ1v) is 8.21. The van der Waals surface area contributed by atoms with Gasteiger partial charge in [0.2, 0.25) is 5.91 Å². The summed E-state index contributed by atoms with van der Waals surface area (Å²) in [6.45, 7) is 3.38. The van der Waals surface area contributed by atoms with E-state index >= 15 is 0 Å². The van der Waals surface area contributed by atoms with Crippen LogP contribution in [-0.2, 0) is 14.3 Å². The quantitative estimate of drug-likeness (QED) is 0.802. The molecule has 0 radical (unpaired) electrons. The van der Waals surface area contributed by atoms with Crippen molar-refractivity contribution in [1.29, 1.82) is 0 Å². The van der Waals surface area contributed by atoms with Crippen LogP contribution in [0.1, 0.15) is 51.9 Å². The Balaban J connectivity index is 1.81. The van der Waals surface area contributed by atoms with Crippen molar-refractivity contribution >= 4 is 11.9 Å². The molecule has 0 aromatic rings. The Labute approximate surface area is 127 Å². The first-order chi connectivity index (χ1) is 10.1. The van der Waals surface area contributed by atoms with Crippen LogP contribution in [0.4, 0.5) is 0 Å². The number of rotatable bonds is 4. The van der Waals surface area contributed by atoms with Gasteiger partial charge in [-0.05, 0) is 51.0 Å². The zero-order chi connectivity index (χ0) is 15.2. The molecule has 1 atom stereocenters. The number of methoxy groups -OCH3 is 1. The van der Waals surface area contributed by atoms with Crippen LogP contribution in [0.15, 0.2) is 0 Å². The molecule has 1 saturated heterocycles. The van der Waals surface area contributed by atoms with Crippen molar-refractivity contribution < 1.29 is 14.3 Å². The van der Waals surface area contributed by atoms with Gasteiger partial charge in [0, 0.05) is 6.04 Å². The number of nitrogens with zero attached hydrogens (tertiary/aromatic N) is 1. The number of carbonyl (C=O) groups excluding carboxylic acids is 2. The Morgan fingerprint density at radius 3 is 2.52 bits per heavy atom. The van der Waals surface area contributed by atoms with E-state index in [1.54, 1.807) is 0 Å². The minimum Gasteiger partial charge on any atom is -0.468 e. The molecule has 1 saturated carbocycles. The first-order valence-electron chi connectivity index (χ1n) is 8.21. The lowest BCUT2D eigenvalue weighted by Gasteiger charge is -2.34. The number of piperidine rings is 1. The second kappa shape index (κ2) is 7.78. The molecular weight excluding hydrogens is 268 g/mol. The SMILES string of the molecule is COC(=O)C1CCCCN1CC(=O)NC1CCC(C)CC1. The molecule has 2 aliphatic rings. The van der Waals surface area contributed by atoms with Crippen molar-refractivity contribution in [2.75, 3.05) is 20.2 Å². The minimum atomic E-state index is -0.249. The molecule has 0 bridgehead atoms. The molecular formula is C16H28N2O3. The Bertz CT molecular complexity index is 365. The van der Waals surface area contributed by atoms with Gasteiger partial charge in [-0.1, -0.05) is 13.3 Å². The van der Waals surface area contributed by atoms with E-state index < -0.39 is 0 Å². The Hall–Kier alpha value is -1.10. The zero-order valence-corrected chi connectivity index (χ0v) is 13.3. The number of amides is 1. The van der Waals surface area contributed by atoms with Gasteiger partial charge in [-0.15, -0.1) is 0 Å². The topological polar surface area (TPSA) is 58.6 Å². The molecule has 0 aromatic heterocycles. The largest absolute Gasteiger partial charge is 0.468 e. The molecule has 1 heterocycles. The molecule has 1 aliphatic heterocycles. The van der Waals surface area contributed by atoms with Crippen molar-refractivity contribution in [2.24, 2.45) is 5.92 Å². The zero-order valence-electron chi connectivity index (χ0n) is 13.3. The highest BCUT2D eigenvalue weighted by atomic mass is 16.5. The van der Waals surface area contributed by atoms with Gasteiger partial charge in [0.15, 0.2) is 0 Å². The normalized spacial score (nSPS) is 30.7. The lowest BCUT2D eigenvalue weighted by molar-refractivity contribution is -0.148. The first kappa shape index (κ1) is 16.3. The summed E-state index contributed by atoms with van der Waals surface area (Å²) in [5, 5.41) is 3.13. The third kappa shape index (κ3) is 4.70. The summed E-state index contributed by atoms with van der Waals surface area (Å²) in [6, 6.07) is 0.0657. The third-order valence-electron chi connectivity index (χ3n) is 4.81. The highest BCUT2D eigenvalue weighted by molar-refractivity contribution is 5.80. The van der Waals surface area contributed by atoms with Crippen LogP contribution in [-0.4, -0.2) is 49.1 Å². The average Bonchev–Trinajstić information content (AvgIpc) is 2.49. The fraction of sp³-hybridized carbons (Fsp3) is 0.875. The van der Waals surface area contributed by atoms with E-state index in [9.17, 15) is 9.59 Å². The van der Waals surface area contributed by atoms with Gasteiger partial charge in [0.1, 0.15) is 6.04 Å². The fourth-order valence-electron chi connectivity index (χ4n) is 3.45. The Morgan fingerprint density at radius 1 is 1.14 bits per heavy atom. The highest BCUT2D eigenvalue weighted by Gasteiger charge is 2.31. The molecule has 1 amide bonds. The summed E-state index contributed by atoms with van der Waals surface area (Å²) >= 11 is 0. The van der Waals surface area contributed by atoms with Crippen LogP contribution in [0.5, 0.6) is 0 Å². The molecule has 2 rings (SSSR count). The van der Waals surface area contributed by atoms with Crippen LogP contribution < -0.4 is 5.32 Å². The number of carbonyl (C=O) groups is 2. The van der Waals surface area contributed by atoms with E-state index in [1.807, 2.05) is 4.90 Å². The number of likely N-dealkylation sites (tertiary alicyclic amines) is 1. The molecule has 21 heavy (non-hydrogen) atoms. The van der Waals surface area contributed by atoms with E-state index in [0.29, 0.717) is 12.6 Å². The number of hydrogen-bond donors (Lipinski definition) is 1. The fourth-order valence-corrected chi connectivity index (χ4v) is 3.45. The predicted octanol–water partition coefficient (Wildman–Crippen LogP) is 1.71. The average molecular weight is 296 g/mol. The van der Waals surface area contributed by atoms with Crippen LogP contribution in [0.3, 0.4) is 0 Å². The molecule has 120 valence electrons. The molecule has 1 N–H and O–H groups in total. The van der Waals surface area contributed by atoms with Gasteiger partial charge in [0.05, 0.1) is 13.7 Å². The summed E-state index contributed by atoms with van der Waals surface area (Å²) < 4.78 is 4.85.